The molecule has 2 aromatic carbocycles. The summed E-state index contributed by atoms with van der Waals surface area (Å²) in [6.45, 7) is 0.632. The van der Waals surface area contributed by atoms with Gasteiger partial charge < -0.3 is 15.0 Å². The molecule has 0 radical (unpaired) electrons. The maximum Gasteiger partial charge on any atom is 0.226 e. The Kier molecular flexibility index (Phi) is 4.58. The number of benzene rings is 2. The zero-order valence-corrected chi connectivity index (χ0v) is 16.2. The van der Waals surface area contributed by atoms with Gasteiger partial charge in [0, 0.05) is 23.9 Å². The number of aliphatic hydroxyl groups is 1. The first-order valence-corrected chi connectivity index (χ1v) is 10.1. The molecule has 2 aliphatic rings. The molecule has 1 saturated heterocycles. The van der Waals surface area contributed by atoms with E-state index in [1.807, 2.05) is 0 Å². The molecule has 1 amide bonds. The second-order valence-electron chi connectivity index (χ2n) is 8.25. The fraction of sp³-hybridized carbons (Fsp3) is 0.348. The Balaban J connectivity index is 1.50. The van der Waals surface area contributed by atoms with Crippen LogP contribution in [-0.4, -0.2) is 40.1 Å². The van der Waals surface area contributed by atoms with E-state index in [-0.39, 0.29) is 41.7 Å². The number of hydrogen-bond acceptors (Lipinski definition) is 2. The van der Waals surface area contributed by atoms with Crippen molar-refractivity contribution in [3.05, 3.63) is 59.4 Å². The van der Waals surface area contributed by atoms with Crippen LogP contribution in [0, 0.1) is 23.4 Å². The van der Waals surface area contributed by atoms with Crippen LogP contribution >= 0.6 is 0 Å². The Morgan fingerprint density at radius 1 is 1.10 bits per heavy atom. The fourth-order valence-corrected chi connectivity index (χ4v) is 4.72. The lowest BCUT2D eigenvalue weighted by atomic mass is 9.69. The van der Waals surface area contributed by atoms with Gasteiger partial charge in [0.15, 0.2) is 0 Å². The summed E-state index contributed by atoms with van der Waals surface area (Å²) in [5.74, 6) is -1.88. The van der Waals surface area contributed by atoms with Crippen LogP contribution < -0.4 is 0 Å². The van der Waals surface area contributed by atoms with Gasteiger partial charge in [-0.15, -0.1) is 0 Å². The molecule has 1 atom stereocenters. The van der Waals surface area contributed by atoms with Crippen LogP contribution in [0.15, 0.2) is 36.4 Å². The number of halogens is 3. The van der Waals surface area contributed by atoms with Gasteiger partial charge in [0.05, 0.1) is 23.9 Å². The number of likely N-dealkylation sites (tertiary alicyclic amines) is 1. The quantitative estimate of drug-likeness (QED) is 0.667. The van der Waals surface area contributed by atoms with E-state index in [1.165, 1.54) is 18.2 Å². The highest BCUT2D eigenvalue weighted by Crippen LogP contribution is 2.49. The van der Waals surface area contributed by atoms with E-state index in [2.05, 4.69) is 4.98 Å². The second kappa shape index (κ2) is 7.16. The number of nitrogens with zero attached hydrogens (tertiary/aromatic N) is 1. The van der Waals surface area contributed by atoms with Gasteiger partial charge in [-0.3, -0.25) is 4.79 Å². The van der Waals surface area contributed by atoms with Crippen LogP contribution in [0.25, 0.3) is 22.2 Å². The molecular weight excluding hydrogens is 393 g/mol. The van der Waals surface area contributed by atoms with Crippen LogP contribution in [0.5, 0.6) is 0 Å². The van der Waals surface area contributed by atoms with Gasteiger partial charge in [-0.25, -0.2) is 13.2 Å². The number of aromatic amines is 1. The van der Waals surface area contributed by atoms with Gasteiger partial charge in [-0.05, 0) is 66.6 Å². The maximum absolute atomic E-state index is 14.4. The number of carbonyl (C=O) groups excluding carboxylic acids is 1. The van der Waals surface area contributed by atoms with Gasteiger partial charge in [0.25, 0.3) is 0 Å². The Bertz CT molecular complexity index is 1120. The number of nitrogens with one attached hydrogen (secondary N) is 1. The third-order valence-corrected chi connectivity index (χ3v) is 6.53. The molecule has 1 aliphatic heterocycles. The van der Waals surface area contributed by atoms with Gasteiger partial charge in [0.1, 0.15) is 17.5 Å². The number of carbonyl (C=O) groups is 1. The molecule has 2 fully saturated rings. The van der Waals surface area contributed by atoms with Crippen molar-refractivity contribution < 1.29 is 23.1 Å². The topological polar surface area (TPSA) is 56.3 Å². The summed E-state index contributed by atoms with van der Waals surface area (Å²) in [6.07, 6.45) is 1.97. The van der Waals surface area contributed by atoms with E-state index in [1.54, 1.807) is 17.0 Å². The maximum atomic E-state index is 14.4. The first kappa shape index (κ1) is 19.2. The zero-order valence-electron chi connectivity index (χ0n) is 16.2. The molecule has 0 unspecified atom stereocenters. The molecule has 4 nitrogen and oxygen atoms in total. The Hall–Kier alpha value is -2.80. The van der Waals surface area contributed by atoms with Crippen LogP contribution in [-0.2, 0) is 4.79 Å². The van der Waals surface area contributed by atoms with Gasteiger partial charge in [0.2, 0.25) is 5.91 Å². The summed E-state index contributed by atoms with van der Waals surface area (Å²) in [5, 5.41) is 9.79. The zero-order chi connectivity index (χ0) is 21.0. The molecule has 2 heterocycles. The van der Waals surface area contributed by atoms with Crippen molar-refractivity contribution in [2.45, 2.75) is 31.2 Å². The average molecular weight is 414 g/mol. The van der Waals surface area contributed by atoms with Crippen molar-refractivity contribution in [1.29, 1.82) is 0 Å². The number of rotatable bonds is 4. The van der Waals surface area contributed by atoms with Crippen LogP contribution in [0.2, 0.25) is 0 Å². The molecule has 2 N–H and O–H groups in total. The molecule has 0 bridgehead atoms. The summed E-state index contributed by atoms with van der Waals surface area (Å²) < 4.78 is 41.8. The minimum Gasteiger partial charge on any atom is -0.394 e. The van der Waals surface area contributed by atoms with Crippen LogP contribution in [0.3, 0.4) is 0 Å². The van der Waals surface area contributed by atoms with Crippen molar-refractivity contribution in [3.63, 3.8) is 0 Å². The summed E-state index contributed by atoms with van der Waals surface area (Å²) in [4.78, 5) is 17.5. The predicted molar refractivity (Wildman–Crippen MR) is 106 cm³/mol. The highest BCUT2D eigenvalue weighted by molar-refractivity contribution is 5.92. The summed E-state index contributed by atoms with van der Waals surface area (Å²) in [7, 11) is 0. The van der Waals surface area contributed by atoms with E-state index >= 15 is 0 Å². The highest BCUT2D eigenvalue weighted by Gasteiger charge is 2.43. The van der Waals surface area contributed by atoms with Crippen molar-refractivity contribution in [2.75, 3.05) is 13.2 Å². The fourth-order valence-electron chi connectivity index (χ4n) is 4.72. The number of H-pyrrole nitrogens is 1. The first-order valence-electron chi connectivity index (χ1n) is 10.1. The molecule has 30 heavy (non-hydrogen) atoms. The van der Waals surface area contributed by atoms with Crippen LogP contribution in [0.1, 0.15) is 30.7 Å². The number of hydrogen-bond donors (Lipinski definition) is 2. The number of fused-ring (bicyclic) bond motifs is 1. The number of aromatic nitrogens is 1. The third kappa shape index (κ3) is 2.99. The lowest BCUT2D eigenvalue weighted by Crippen LogP contribution is -2.56. The number of amides is 1. The van der Waals surface area contributed by atoms with Gasteiger partial charge >= 0.3 is 0 Å². The third-order valence-electron chi connectivity index (χ3n) is 6.53. The van der Waals surface area contributed by atoms with E-state index < -0.39 is 11.6 Å². The predicted octanol–water partition coefficient (Wildman–Crippen LogP) is 4.34. The van der Waals surface area contributed by atoms with Gasteiger partial charge in [-0.1, -0.05) is 0 Å². The molecule has 7 heteroatoms. The SMILES string of the molecule is O=C([C@H]1C[C@H](c2c(-c3ccc(F)cc3)[nH]c3c(F)cc(F)cc32)C1)N1CC[C@@H]1CO. The average Bonchev–Trinajstić information content (AvgIpc) is 3.00. The van der Waals surface area contributed by atoms with E-state index in [0.29, 0.717) is 36.0 Å². The molecule has 156 valence electrons. The molecule has 1 saturated carbocycles. The monoisotopic (exact) mass is 414 g/mol. The standard InChI is InChI=1S/C23H21F3N2O2/c24-15-3-1-12(2-4-15)21-20(18-9-16(25)10-19(26)22(18)27-21)13-7-14(8-13)23(30)28-6-5-17(28)11-29/h1-4,9-10,13-14,17,27,29H,5-8,11H2/t13-,14-,17-/m1/s1. The van der Waals surface area contributed by atoms with E-state index in [4.69, 9.17) is 0 Å². The molecule has 1 aliphatic carbocycles. The summed E-state index contributed by atoms with van der Waals surface area (Å²) in [5.41, 5.74) is 2.29. The molecule has 1 aromatic heterocycles. The lowest BCUT2D eigenvalue weighted by Gasteiger charge is -2.45. The largest absolute Gasteiger partial charge is 0.394 e. The number of aliphatic hydroxyl groups excluding tert-OH is 1. The van der Waals surface area contributed by atoms with Gasteiger partial charge in [-0.2, -0.15) is 0 Å². The molecule has 0 spiro atoms. The van der Waals surface area contributed by atoms with Crippen molar-refractivity contribution >= 4 is 16.8 Å². The molecule has 5 rings (SSSR count). The summed E-state index contributed by atoms with van der Waals surface area (Å²) >= 11 is 0. The Labute approximate surface area is 171 Å². The second-order valence-corrected chi connectivity index (χ2v) is 8.25. The Morgan fingerprint density at radius 3 is 2.47 bits per heavy atom. The van der Waals surface area contributed by atoms with E-state index in [0.717, 1.165) is 18.1 Å². The minimum atomic E-state index is -0.682. The molecule has 3 aromatic rings. The summed E-state index contributed by atoms with van der Waals surface area (Å²) in [6, 6.07) is 7.91. The van der Waals surface area contributed by atoms with Crippen LogP contribution in [0.4, 0.5) is 13.2 Å². The van der Waals surface area contributed by atoms with Crippen molar-refractivity contribution in [2.24, 2.45) is 5.92 Å². The molecular formula is C23H21F3N2O2. The Morgan fingerprint density at radius 2 is 1.83 bits per heavy atom. The van der Waals surface area contributed by atoms with Crippen molar-refractivity contribution in [1.82, 2.24) is 9.88 Å². The van der Waals surface area contributed by atoms with E-state index in [9.17, 15) is 23.1 Å². The first-order chi connectivity index (χ1) is 14.5. The minimum absolute atomic E-state index is 0.0302. The lowest BCUT2D eigenvalue weighted by molar-refractivity contribution is -0.148. The normalized spacial score (nSPS) is 23.3. The van der Waals surface area contributed by atoms with Crippen molar-refractivity contribution in [3.8, 4) is 11.3 Å². The highest BCUT2D eigenvalue weighted by atomic mass is 19.1. The smallest absolute Gasteiger partial charge is 0.226 e.